The largest absolute Gasteiger partial charge is 0.383 e. The number of nitriles is 1. The summed E-state index contributed by atoms with van der Waals surface area (Å²) >= 11 is 0. The van der Waals surface area contributed by atoms with Gasteiger partial charge in [0.2, 0.25) is 0 Å². The predicted molar refractivity (Wildman–Crippen MR) is 98.4 cm³/mol. The molecule has 0 saturated heterocycles. The van der Waals surface area contributed by atoms with Gasteiger partial charge in [-0.15, -0.1) is 0 Å². The van der Waals surface area contributed by atoms with E-state index in [-0.39, 0.29) is 5.82 Å². The number of aryl methyl sites for hydroxylation is 3. The number of pyridine rings is 1. The van der Waals surface area contributed by atoms with E-state index < -0.39 is 0 Å². The van der Waals surface area contributed by atoms with Gasteiger partial charge in [0, 0.05) is 11.1 Å². The van der Waals surface area contributed by atoms with Gasteiger partial charge in [-0.3, -0.25) is 0 Å². The van der Waals surface area contributed by atoms with E-state index in [0.29, 0.717) is 5.56 Å². The van der Waals surface area contributed by atoms with Crippen molar-refractivity contribution in [2.24, 2.45) is 0 Å². The number of anilines is 1. The number of nitrogen functional groups attached to an aromatic ring is 1. The van der Waals surface area contributed by atoms with Crippen LogP contribution in [0.1, 0.15) is 22.3 Å². The summed E-state index contributed by atoms with van der Waals surface area (Å²) in [7, 11) is 0. The van der Waals surface area contributed by atoms with E-state index in [2.05, 4.69) is 29.3 Å². The molecule has 24 heavy (non-hydrogen) atoms. The van der Waals surface area contributed by atoms with Crippen LogP contribution in [0.2, 0.25) is 0 Å². The van der Waals surface area contributed by atoms with Gasteiger partial charge in [0.25, 0.3) is 0 Å². The normalized spacial score (nSPS) is 10.4. The van der Waals surface area contributed by atoms with E-state index in [4.69, 9.17) is 5.73 Å². The molecule has 0 atom stereocenters. The molecule has 2 N–H and O–H groups in total. The molecule has 0 unspecified atom stereocenters. The molecule has 0 aliphatic carbocycles. The molecular formula is C21H19N3. The zero-order valence-electron chi connectivity index (χ0n) is 14.1. The highest BCUT2D eigenvalue weighted by Crippen LogP contribution is 2.33. The molecule has 118 valence electrons. The minimum absolute atomic E-state index is 0.270. The maximum absolute atomic E-state index is 9.55. The van der Waals surface area contributed by atoms with E-state index in [0.717, 1.165) is 33.5 Å². The predicted octanol–water partition coefficient (Wildman–Crippen LogP) is 4.79. The highest BCUT2D eigenvalue weighted by molar-refractivity contribution is 5.81. The van der Waals surface area contributed by atoms with Crippen molar-refractivity contribution >= 4 is 5.82 Å². The van der Waals surface area contributed by atoms with Gasteiger partial charge in [0.05, 0.1) is 5.69 Å². The van der Waals surface area contributed by atoms with Gasteiger partial charge >= 0.3 is 0 Å². The van der Waals surface area contributed by atoms with Crippen LogP contribution in [0.3, 0.4) is 0 Å². The molecule has 0 aliphatic rings. The van der Waals surface area contributed by atoms with Crippen molar-refractivity contribution in [3.8, 4) is 28.5 Å². The summed E-state index contributed by atoms with van der Waals surface area (Å²) in [6.07, 6.45) is 0. The third-order valence-corrected chi connectivity index (χ3v) is 4.19. The molecule has 3 nitrogen and oxygen atoms in total. The lowest BCUT2D eigenvalue weighted by Crippen LogP contribution is -2.00. The van der Waals surface area contributed by atoms with Crippen molar-refractivity contribution in [3.63, 3.8) is 0 Å². The Kier molecular flexibility index (Phi) is 4.05. The number of nitrogens with zero attached hydrogens (tertiary/aromatic N) is 2. The molecule has 0 spiro atoms. The Balaban J connectivity index is 2.27. The molecule has 0 aliphatic heterocycles. The van der Waals surface area contributed by atoms with E-state index >= 15 is 0 Å². The molecule has 0 amide bonds. The zero-order valence-corrected chi connectivity index (χ0v) is 14.1. The van der Waals surface area contributed by atoms with Gasteiger partial charge in [-0.1, -0.05) is 53.6 Å². The first-order chi connectivity index (χ1) is 11.5. The van der Waals surface area contributed by atoms with Crippen LogP contribution >= 0.6 is 0 Å². The average Bonchev–Trinajstić information content (AvgIpc) is 2.57. The van der Waals surface area contributed by atoms with E-state index in [1.165, 1.54) is 5.56 Å². The number of hydrogen-bond acceptors (Lipinski definition) is 3. The summed E-state index contributed by atoms with van der Waals surface area (Å²) in [5.74, 6) is 0.270. The van der Waals surface area contributed by atoms with Gasteiger partial charge in [0.1, 0.15) is 17.5 Å². The highest BCUT2D eigenvalue weighted by Gasteiger charge is 2.15. The second kappa shape index (κ2) is 6.17. The molecule has 2 aromatic carbocycles. The minimum Gasteiger partial charge on any atom is -0.383 e. The highest BCUT2D eigenvalue weighted by atomic mass is 14.8. The molecule has 3 heteroatoms. The third kappa shape index (κ3) is 2.87. The van der Waals surface area contributed by atoms with Crippen LogP contribution in [-0.2, 0) is 0 Å². The molecule has 0 bridgehead atoms. The molecule has 3 rings (SSSR count). The second-order valence-electron chi connectivity index (χ2n) is 6.11. The lowest BCUT2D eigenvalue weighted by molar-refractivity contribution is 1.30. The van der Waals surface area contributed by atoms with Crippen LogP contribution in [-0.4, -0.2) is 4.98 Å². The first kappa shape index (κ1) is 15.8. The summed E-state index contributed by atoms with van der Waals surface area (Å²) in [6, 6.07) is 18.5. The standard InChI is InChI=1S/C21H19N3/c1-13-5-8-16(9-6-13)20-11-18(19(12-22)21(23)24-20)17-10-14(2)4-7-15(17)3/h4-11H,1-3H3,(H2,23,24). The third-order valence-electron chi connectivity index (χ3n) is 4.19. The Morgan fingerprint density at radius 3 is 2.21 bits per heavy atom. The fourth-order valence-electron chi connectivity index (χ4n) is 2.79. The van der Waals surface area contributed by atoms with E-state index in [1.807, 2.05) is 51.1 Å². The zero-order chi connectivity index (χ0) is 17.3. The fourth-order valence-corrected chi connectivity index (χ4v) is 2.79. The van der Waals surface area contributed by atoms with Gasteiger partial charge in [0.15, 0.2) is 0 Å². The smallest absolute Gasteiger partial charge is 0.142 e. The first-order valence-corrected chi connectivity index (χ1v) is 7.85. The van der Waals surface area contributed by atoms with Crippen LogP contribution in [0.4, 0.5) is 5.82 Å². The Labute approximate surface area is 142 Å². The molecule has 1 aromatic heterocycles. The molecule has 1 heterocycles. The molecule has 0 saturated carbocycles. The Morgan fingerprint density at radius 1 is 0.875 bits per heavy atom. The molecular weight excluding hydrogens is 294 g/mol. The maximum atomic E-state index is 9.55. The Morgan fingerprint density at radius 2 is 1.54 bits per heavy atom. The second-order valence-corrected chi connectivity index (χ2v) is 6.11. The van der Waals surface area contributed by atoms with Crippen molar-refractivity contribution in [1.29, 1.82) is 5.26 Å². The summed E-state index contributed by atoms with van der Waals surface area (Å²) in [5, 5.41) is 9.55. The van der Waals surface area contributed by atoms with E-state index in [9.17, 15) is 5.26 Å². The van der Waals surface area contributed by atoms with E-state index in [1.54, 1.807) is 0 Å². The number of hydrogen-bond donors (Lipinski definition) is 1. The lowest BCUT2D eigenvalue weighted by atomic mass is 9.94. The van der Waals surface area contributed by atoms with Gasteiger partial charge in [-0.25, -0.2) is 4.98 Å². The van der Waals surface area contributed by atoms with Gasteiger partial charge in [-0.2, -0.15) is 5.26 Å². The van der Waals surface area contributed by atoms with Crippen LogP contribution in [0, 0.1) is 32.1 Å². The topological polar surface area (TPSA) is 62.7 Å². The summed E-state index contributed by atoms with van der Waals surface area (Å²) in [6.45, 7) is 6.13. The summed E-state index contributed by atoms with van der Waals surface area (Å²) in [4.78, 5) is 4.44. The molecule has 3 aromatic rings. The Hall–Kier alpha value is -3.12. The first-order valence-electron chi connectivity index (χ1n) is 7.85. The van der Waals surface area contributed by atoms with Crippen LogP contribution in [0.25, 0.3) is 22.4 Å². The van der Waals surface area contributed by atoms with Crippen LogP contribution in [0.15, 0.2) is 48.5 Å². The maximum Gasteiger partial charge on any atom is 0.142 e. The monoisotopic (exact) mass is 313 g/mol. The fraction of sp³-hybridized carbons (Fsp3) is 0.143. The minimum atomic E-state index is 0.270. The summed E-state index contributed by atoms with van der Waals surface area (Å²) < 4.78 is 0. The Bertz CT molecular complexity index is 948. The van der Waals surface area contributed by atoms with Crippen LogP contribution in [0.5, 0.6) is 0 Å². The van der Waals surface area contributed by atoms with Crippen LogP contribution < -0.4 is 5.73 Å². The van der Waals surface area contributed by atoms with Crippen molar-refractivity contribution in [2.45, 2.75) is 20.8 Å². The SMILES string of the molecule is Cc1ccc(-c2cc(-c3cc(C)ccc3C)c(C#N)c(N)n2)cc1. The number of rotatable bonds is 2. The molecule has 0 radical (unpaired) electrons. The lowest BCUT2D eigenvalue weighted by Gasteiger charge is -2.13. The molecule has 0 fully saturated rings. The quantitative estimate of drug-likeness (QED) is 0.739. The number of aromatic nitrogens is 1. The van der Waals surface area contributed by atoms with Crippen molar-refractivity contribution in [2.75, 3.05) is 5.73 Å². The average molecular weight is 313 g/mol. The van der Waals surface area contributed by atoms with Crippen molar-refractivity contribution < 1.29 is 0 Å². The van der Waals surface area contributed by atoms with Gasteiger partial charge < -0.3 is 5.73 Å². The van der Waals surface area contributed by atoms with Crippen molar-refractivity contribution in [3.05, 3.63) is 70.8 Å². The summed E-state index contributed by atoms with van der Waals surface area (Å²) in [5.41, 5.74) is 13.6. The van der Waals surface area contributed by atoms with Gasteiger partial charge in [-0.05, 0) is 38.0 Å². The van der Waals surface area contributed by atoms with Crippen molar-refractivity contribution in [1.82, 2.24) is 4.98 Å². The number of benzene rings is 2. The number of nitrogens with two attached hydrogens (primary N) is 1.